The molecular formula is C13H18BrClN2O. The van der Waals surface area contributed by atoms with Gasteiger partial charge in [-0.15, -0.1) is 0 Å². The molecule has 0 atom stereocenters. The molecule has 2 N–H and O–H groups in total. The van der Waals surface area contributed by atoms with E-state index in [-0.39, 0.29) is 0 Å². The molecule has 1 aliphatic rings. The van der Waals surface area contributed by atoms with Crippen LogP contribution in [0.3, 0.4) is 0 Å². The van der Waals surface area contributed by atoms with E-state index in [4.69, 9.17) is 11.6 Å². The highest BCUT2D eigenvalue weighted by Gasteiger charge is 2.31. The minimum absolute atomic E-state index is 0.535. The molecule has 1 saturated carbocycles. The summed E-state index contributed by atoms with van der Waals surface area (Å²) >= 11 is 9.25. The topological polar surface area (TPSA) is 45.1 Å². The Bertz CT molecular complexity index is 419. The molecule has 0 amide bonds. The van der Waals surface area contributed by atoms with E-state index in [1.807, 2.05) is 0 Å². The van der Waals surface area contributed by atoms with Gasteiger partial charge in [0.1, 0.15) is 5.82 Å². The van der Waals surface area contributed by atoms with Crippen molar-refractivity contribution in [1.29, 1.82) is 0 Å². The van der Waals surface area contributed by atoms with Crippen molar-refractivity contribution in [3.05, 3.63) is 21.8 Å². The van der Waals surface area contributed by atoms with Crippen molar-refractivity contribution in [3.63, 3.8) is 0 Å². The van der Waals surface area contributed by atoms with E-state index in [0.717, 1.165) is 41.9 Å². The molecule has 1 aliphatic carbocycles. The number of nitrogens with zero attached hydrogens (tertiary/aromatic N) is 1. The number of aliphatic hydroxyl groups is 1. The molecular weight excluding hydrogens is 316 g/mol. The van der Waals surface area contributed by atoms with Crippen LogP contribution in [-0.2, 0) is 0 Å². The second kappa shape index (κ2) is 5.76. The van der Waals surface area contributed by atoms with E-state index in [9.17, 15) is 5.11 Å². The van der Waals surface area contributed by atoms with Crippen molar-refractivity contribution in [2.45, 2.75) is 38.2 Å². The van der Waals surface area contributed by atoms with Gasteiger partial charge in [-0.3, -0.25) is 0 Å². The third kappa shape index (κ3) is 3.59. The Morgan fingerprint density at radius 2 is 2.22 bits per heavy atom. The normalized spacial score (nSPS) is 28.1. The van der Waals surface area contributed by atoms with Crippen molar-refractivity contribution in [3.8, 4) is 0 Å². The first kappa shape index (κ1) is 14.1. The highest BCUT2D eigenvalue weighted by molar-refractivity contribution is 9.10. The Balaban J connectivity index is 1.94. The smallest absolute Gasteiger partial charge is 0.140 e. The highest BCUT2D eigenvalue weighted by Crippen LogP contribution is 2.32. The summed E-state index contributed by atoms with van der Waals surface area (Å²) in [5.74, 6) is 1.46. The lowest BCUT2D eigenvalue weighted by Crippen LogP contribution is -2.40. The van der Waals surface area contributed by atoms with Crippen molar-refractivity contribution < 1.29 is 5.11 Å². The third-order valence-corrected chi connectivity index (χ3v) is 4.41. The first-order valence-electron chi connectivity index (χ1n) is 6.26. The van der Waals surface area contributed by atoms with Crippen LogP contribution in [0.4, 0.5) is 5.82 Å². The lowest BCUT2D eigenvalue weighted by atomic mass is 9.79. The van der Waals surface area contributed by atoms with Crippen LogP contribution in [0.2, 0.25) is 5.02 Å². The van der Waals surface area contributed by atoms with Gasteiger partial charge in [-0.2, -0.15) is 0 Å². The number of hydrogen-bond donors (Lipinski definition) is 2. The summed E-state index contributed by atoms with van der Waals surface area (Å²) in [6.45, 7) is 2.78. The Morgan fingerprint density at radius 3 is 2.83 bits per heavy atom. The summed E-state index contributed by atoms with van der Waals surface area (Å²) in [6, 6.07) is 1.80. The van der Waals surface area contributed by atoms with E-state index in [0.29, 0.717) is 11.6 Å². The van der Waals surface area contributed by atoms with Crippen molar-refractivity contribution in [2.75, 3.05) is 11.9 Å². The van der Waals surface area contributed by atoms with Crippen molar-refractivity contribution in [1.82, 2.24) is 4.98 Å². The van der Waals surface area contributed by atoms with E-state index >= 15 is 0 Å². The molecule has 18 heavy (non-hydrogen) atoms. The lowest BCUT2D eigenvalue weighted by Gasteiger charge is -2.35. The first-order valence-corrected chi connectivity index (χ1v) is 7.43. The molecule has 2 rings (SSSR count). The van der Waals surface area contributed by atoms with Gasteiger partial charge in [0.25, 0.3) is 0 Å². The zero-order valence-electron chi connectivity index (χ0n) is 10.4. The third-order valence-electron chi connectivity index (χ3n) is 3.60. The van der Waals surface area contributed by atoms with Gasteiger partial charge in [0.15, 0.2) is 0 Å². The summed E-state index contributed by atoms with van der Waals surface area (Å²) < 4.78 is 0.822. The van der Waals surface area contributed by atoms with Crippen LogP contribution >= 0.6 is 27.5 Å². The monoisotopic (exact) mass is 332 g/mol. The van der Waals surface area contributed by atoms with Crippen LogP contribution in [0.1, 0.15) is 32.6 Å². The van der Waals surface area contributed by atoms with Crippen LogP contribution < -0.4 is 5.32 Å². The molecule has 0 saturated heterocycles. The Labute approximate surface area is 121 Å². The summed E-state index contributed by atoms with van der Waals surface area (Å²) in [5.41, 5.74) is -0.604. The summed E-state index contributed by atoms with van der Waals surface area (Å²) in [5, 5.41) is 14.3. The van der Waals surface area contributed by atoms with Gasteiger partial charge >= 0.3 is 0 Å². The first-order chi connectivity index (χ1) is 8.48. The minimum atomic E-state index is -0.604. The molecule has 1 heterocycles. The number of hydrogen-bond acceptors (Lipinski definition) is 3. The molecule has 0 aliphatic heterocycles. The molecule has 0 bridgehead atoms. The second-order valence-corrected chi connectivity index (χ2v) is 6.54. The zero-order chi connectivity index (χ0) is 13.2. The maximum Gasteiger partial charge on any atom is 0.140 e. The van der Waals surface area contributed by atoms with Crippen LogP contribution in [0, 0.1) is 5.92 Å². The molecule has 5 heteroatoms. The fraction of sp³-hybridized carbons (Fsp3) is 0.615. The fourth-order valence-electron chi connectivity index (χ4n) is 2.27. The maximum absolute atomic E-state index is 10.5. The van der Waals surface area contributed by atoms with Gasteiger partial charge in [-0.1, -0.05) is 18.5 Å². The van der Waals surface area contributed by atoms with Crippen LogP contribution in [-0.4, -0.2) is 22.2 Å². The van der Waals surface area contributed by atoms with Gasteiger partial charge < -0.3 is 10.4 Å². The summed E-state index contributed by atoms with van der Waals surface area (Å²) in [7, 11) is 0. The quantitative estimate of drug-likeness (QED) is 0.883. The van der Waals surface area contributed by atoms with E-state index in [1.165, 1.54) is 0 Å². The van der Waals surface area contributed by atoms with Gasteiger partial charge in [-0.05, 0) is 53.6 Å². The average Bonchev–Trinajstić information content (AvgIpc) is 2.32. The number of anilines is 1. The average molecular weight is 334 g/mol. The standard InChI is InChI=1S/C13H18BrClN2O/c1-9-2-4-13(18,5-3-9)8-17-12-11(14)6-10(15)7-16-12/h6-7,9,18H,2-5,8H2,1H3,(H,16,17). The molecule has 3 nitrogen and oxygen atoms in total. The van der Waals surface area contributed by atoms with Gasteiger partial charge in [0, 0.05) is 12.7 Å². The zero-order valence-corrected chi connectivity index (χ0v) is 12.8. The molecule has 0 radical (unpaired) electrons. The fourth-order valence-corrected chi connectivity index (χ4v) is 3.05. The van der Waals surface area contributed by atoms with Crippen LogP contribution in [0.5, 0.6) is 0 Å². The van der Waals surface area contributed by atoms with E-state index in [2.05, 4.69) is 33.2 Å². The van der Waals surface area contributed by atoms with E-state index in [1.54, 1.807) is 12.3 Å². The largest absolute Gasteiger partial charge is 0.388 e. The number of nitrogens with one attached hydrogen (secondary N) is 1. The SMILES string of the molecule is CC1CCC(O)(CNc2ncc(Cl)cc2Br)CC1. The van der Waals surface area contributed by atoms with Gasteiger partial charge in [-0.25, -0.2) is 4.98 Å². The molecule has 0 unspecified atom stereocenters. The molecule has 100 valence electrons. The summed E-state index contributed by atoms with van der Waals surface area (Å²) in [6.07, 6.45) is 5.49. The van der Waals surface area contributed by atoms with Crippen LogP contribution in [0.25, 0.3) is 0 Å². The Morgan fingerprint density at radius 1 is 1.56 bits per heavy atom. The number of aromatic nitrogens is 1. The molecule has 1 aromatic heterocycles. The maximum atomic E-state index is 10.5. The Hall–Kier alpha value is -0.320. The van der Waals surface area contributed by atoms with Crippen molar-refractivity contribution >= 4 is 33.3 Å². The lowest BCUT2D eigenvalue weighted by molar-refractivity contribution is 0.00494. The number of rotatable bonds is 3. The second-order valence-electron chi connectivity index (χ2n) is 5.24. The molecule has 1 fully saturated rings. The molecule has 0 spiro atoms. The van der Waals surface area contributed by atoms with Gasteiger partial charge in [0.05, 0.1) is 15.1 Å². The van der Waals surface area contributed by atoms with Gasteiger partial charge in [0.2, 0.25) is 0 Å². The highest BCUT2D eigenvalue weighted by atomic mass is 79.9. The molecule has 1 aromatic rings. The van der Waals surface area contributed by atoms with Crippen molar-refractivity contribution in [2.24, 2.45) is 5.92 Å². The van der Waals surface area contributed by atoms with E-state index < -0.39 is 5.60 Å². The minimum Gasteiger partial charge on any atom is -0.388 e. The number of pyridine rings is 1. The Kier molecular flexibility index (Phi) is 4.51. The van der Waals surface area contributed by atoms with Crippen LogP contribution in [0.15, 0.2) is 16.7 Å². The molecule has 0 aromatic carbocycles. The predicted molar refractivity (Wildman–Crippen MR) is 78.0 cm³/mol. The number of halogens is 2. The predicted octanol–water partition coefficient (Wildman–Crippen LogP) is 3.85. The summed E-state index contributed by atoms with van der Waals surface area (Å²) in [4.78, 5) is 4.21.